The Morgan fingerprint density at radius 3 is 3.10 bits per heavy atom. The van der Waals surface area contributed by atoms with Crippen molar-refractivity contribution < 1.29 is 18.7 Å². The van der Waals surface area contributed by atoms with E-state index in [0.717, 1.165) is 35.5 Å². The van der Waals surface area contributed by atoms with Crippen LogP contribution in [0.2, 0.25) is 0 Å². The molecule has 0 radical (unpaired) electrons. The summed E-state index contributed by atoms with van der Waals surface area (Å²) in [5.41, 5.74) is 1.50. The summed E-state index contributed by atoms with van der Waals surface area (Å²) in [6.07, 6.45) is 4.34. The third-order valence-electron chi connectivity index (χ3n) is 4.87. The molecule has 0 saturated carbocycles. The lowest BCUT2D eigenvalue weighted by atomic mass is 9.88. The fraction of sp³-hybridized carbons (Fsp3) is 0.421. The van der Waals surface area contributed by atoms with Crippen LogP contribution in [0.1, 0.15) is 39.9 Å². The lowest BCUT2D eigenvalue weighted by molar-refractivity contribution is -0.113. The first-order valence-electron chi connectivity index (χ1n) is 9.49. The van der Waals surface area contributed by atoms with Gasteiger partial charge in [0.25, 0.3) is 0 Å². The molecule has 1 amide bonds. The summed E-state index contributed by atoms with van der Waals surface area (Å²) in [4.78, 5) is 26.1. The van der Waals surface area contributed by atoms with Crippen LogP contribution in [0.15, 0.2) is 28.0 Å². The lowest BCUT2D eigenvalue weighted by Gasteiger charge is -2.18. The molecular formula is C19H21N5O4S2. The minimum Gasteiger partial charge on any atom is -0.467 e. The monoisotopic (exact) mass is 447 g/mol. The van der Waals surface area contributed by atoms with E-state index in [1.54, 1.807) is 17.0 Å². The second-order valence-corrected chi connectivity index (χ2v) is 9.13. The van der Waals surface area contributed by atoms with Gasteiger partial charge in [-0.15, -0.1) is 16.4 Å². The normalized spacial score (nSPS) is 15.6. The number of tetrazole rings is 1. The van der Waals surface area contributed by atoms with Crippen molar-refractivity contribution in [3.8, 4) is 0 Å². The summed E-state index contributed by atoms with van der Waals surface area (Å²) in [5.74, 6) is 0.748. The van der Waals surface area contributed by atoms with E-state index < -0.39 is 5.97 Å². The Labute approximate surface area is 181 Å². The van der Waals surface area contributed by atoms with Crippen molar-refractivity contribution in [2.75, 3.05) is 18.2 Å². The molecule has 158 valence electrons. The molecule has 0 spiro atoms. The quantitative estimate of drug-likeness (QED) is 0.434. The van der Waals surface area contributed by atoms with Gasteiger partial charge in [-0.2, -0.15) is 0 Å². The van der Waals surface area contributed by atoms with E-state index in [4.69, 9.17) is 9.15 Å². The Balaban J connectivity index is 1.44. The van der Waals surface area contributed by atoms with Gasteiger partial charge < -0.3 is 14.5 Å². The summed E-state index contributed by atoms with van der Waals surface area (Å²) in [5, 5.41) is 15.5. The van der Waals surface area contributed by atoms with Crippen molar-refractivity contribution in [1.82, 2.24) is 20.2 Å². The van der Waals surface area contributed by atoms with Crippen molar-refractivity contribution in [3.05, 3.63) is 40.2 Å². The molecule has 9 nitrogen and oxygen atoms in total. The Bertz CT molecular complexity index is 1040. The van der Waals surface area contributed by atoms with Crippen LogP contribution in [0.3, 0.4) is 0 Å². The van der Waals surface area contributed by atoms with E-state index in [2.05, 4.69) is 27.8 Å². The zero-order chi connectivity index (χ0) is 21.1. The SMILES string of the molecule is COC(=O)c1c(NC(=O)CSc2nnnn2Cc2ccco2)sc2c1CC[C@H](C)C2. The number of carbonyl (C=O) groups is 2. The number of aromatic nitrogens is 4. The van der Waals surface area contributed by atoms with E-state index in [9.17, 15) is 9.59 Å². The van der Waals surface area contributed by atoms with E-state index >= 15 is 0 Å². The number of anilines is 1. The van der Waals surface area contributed by atoms with Crippen LogP contribution >= 0.6 is 23.1 Å². The molecular weight excluding hydrogens is 426 g/mol. The van der Waals surface area contributed by atoms with Crippen molar-refractivity contribution in [2.45, 2.75) is 37.9 Å². The fourth-order valence-corrected chi connectivity index (χ4v) is 5.49. The van der Waals surface area contributed by atoms with Gasteiger partial charge in [-0.05, 0) is 53.3 Å². The first-order chi connectivity index (χ1) is 14.5. The van der Waals surface area contributed by atoms with Gasteiger partial charge in [0.1, 0.15) is 17.3 Å². The topological polar surface area (TPSA) is 112 Å². The highest BCUT2D eigenvalue weighted by molar-refractivity contribution is 7.99. The van der Waals surface area contributed by atoms with Gasteiger partial charge in [-0.3, -0.25) is 4.79 Å². The number of amides is 1. The number of hydrogen-bond donors (Lipinski definition) is 1. The maximum Gasteiger partial charge on any atom is 0.341 e. The van der Waals surface area contributed by atoms with Gasteiger partial charge in [0.05, 0.1) is 24.7 Å². The molecule has 1 aliphatic carbocycles. The number of nitrogens with one attached hydrogen (secondary N) is 1. The van der Waals surface area contributed by atoms with E-state index in [0.29, 0.717) is 28.2 Å². The smallest absolute Gasteiger partial charge is 0.341 e. The largest absolute Gasteiger partial charge is 0.467 e. The van der Waals surface area contributed by atoms with E-state index in [1.165, 1.54) is 30.2 Å². The van der Waals surface area contributed by atoms with Crippen molar-refractivity contribution in [3.63, 3.8) is 0 Å². The van der Waals surface area contributed by atoms with E-state index in [1.807, 2.05) is 6.07 Å². The van der Waals surface area contributed by atoms with Crippen molar-refractivity contribution >= 4 is 40.0 Å². The molecule has 0 unspecified atom stereocenters. The lowest BCUT2D eigenvalue weighted by Crippen LogP contribution is -2.17. The third-order valence-corrected chi connectivity index (χ3v) is 7.00. The number of ether oxygens (including phenoxy) is 1. The molecule has 3 aromatic rings. The number of furan rings is 1. The van der Waals surface area contributed by atoms with Crippen molar-refractivity contribution in [2.24, 2.45) is 5.92 Å². The van der Waals surface area contributed by atoms with Crippen molar-refractivity contribution in [1.29, 1.82) is 0 Å². The molecule has 0 saturated heterocycles. The summed E-state index contributed by atoms with van der Waals surface area (Å²) in [6.45, 7) is 2.58. The second-order valence-electron chi connectivity index (χ2n) is 7.08. The molecule has 4 rings (SSSR count). The molecule has 1 aliphatic rings. The molecule has 0 fully saturated rings. The third kappa shape index (κ3) is 4.41. The van der Waals surface area contributed by atoms with Crippen LogP contribution in [0.25, 0.3) is 0 Å². The predicted molar refractivity (Wildman–Crippen MR) is 112 cm³/mol. The molecule has 30 heavy (non-hydrogen) atoms. The molecule has 0 bridgehead atoms. The van der Waals surface area contributed by atoms with Crippen LogP contribution < -0.4 is 5.32 Å². The summed E-state index contributed by atoms with van der Waals surface area (Å²) >= 11 is 2.69. The standard InChI is InChI=1S/C19H21N5O4S2/c1-11-5-6-13-14(8-11)30-17(16(13)18(26)27-2)20-15(25)10-29-19-21-22-23-24(19)9-12-4-3-7-28-12/h3-4,7,11H,5-6,8-10H2,1-2H3,(H,20,25)/t11-/m0/s1. The summed E-state index contributed by atoms with van der Waals surface area (Å²) in [6, 6.07) is 3.62. The van der Waals surface area contributed by atoms with Crippen LogP contribution in [0.5, 0.6) is 0 Å². The van der Waals surface area contributed by atoms with Gasteiger partial charge in [-0.25, -0.2) is 9.48 Å². The molecule has 3 aromatic heterocycles. The predicted octanol–water partition coefficient (Wildman–Crippen LogP) is 3.02. The Kier molecular flexibility index (Phi) is 6.18. The highest BCUT2D eigenvalue weighted by atomic mass is 32.2. The summed E-state index contributed by atoms with van der Waals surface area (Å²) < 4.78 is 11.9. The number of nitrogens with zero attached hydrogens (tertiary/aromatic N) is 4. The Morgan fingerprint density at radius 2 is 2.33 bits per heavy atom. The number of esters is 1. The van der Waals surface area contributed by atoms with Crippen LogP contribution in [-0.2, 0) is 28.9 Å². The van der Waals surface area contributed by atoms with Crippen LogP contribution in [0.4, 0.5) is 5.00 Å². The molecule has 1 N–H and O–H groups in total. The molecule has 0 aromatic carbocycles. The zero-order valence-corrected chi connectivity index (χ0v) is 18.2. The number of thiophene rings is 1. The van der Waals surface area contributed by atoms with Gasteiger partial charge in [0.15, 0.2) is 0 Å². The zero-order valence-electron chi connectivity index (χ0n) is 16.6. The first kappa shape index (κ1) is 20.6. The second kappa shape index (κ2) is 9.00. The summed E-state index contributed by atoms with van der Waals surface area (Å²) in [7, 11) is 1.36. The number of methoxy groups -OCH3 is 1. The average molecular weight is 448 g/mol. The molecule has 3 heterocycles. The Hall–Kier alpha value is -2.66. The molecule has 1 atom stereocenters. The van der Waals surface area contributed by atoms with Crippen LogP contribution in [-0.4, -0.2) is 44.9 Å². The minimum absolute atomic E-state index is 0.109. The minimum atomic E-state index is -0.410. The number of hydrogen-bond acceptors (Lipinski definition) is 9. The number of thioether (sulfide) groups is 1. The highest BCUT2D eigenvalue weighted by Crippen LogP contribution is 2.40. The molecule has 11 heteroatoms. The average Bonchev–Trinajstić information content (AvgIpc) is 3.46. The fourth-order valence-electron chi connectivity index (χ4n) is 3.40. The van der Waals surface area contributed by atoms with Gasteiger partial charge in [-0.1, -0.05) is 18.7 Å². The number of fused-ring (bicyclic) bond motifs is 1. The van der Waals surface area contributed by atoms with Gasteiger partial charge >= 0.3 is 5.97 Å². The first-order valence-corrected chi connectivity index (χ1v) is 11.3. The number of rotatable bonds is 7. The van der Waals surface area contributed by atoms with E-state index in [-0.39, 0.29) is 11.7 Å². The maximum absolute atomic E-state index is 12.6. The maximum atomic E-state index is 12.6. The van der Waals surface area contributed by atoms with Gasteiger partial charge in [0.2, 0.25) is 11.1 Å². The van der Waals surface area contributed by atoms with Gasteiger partial charge in [0, 0.05) is 4.88 Å². The Morgan fingerprint density at radius 1 is 1.47 bits per heavy atom. The van der Waals surface area contributed by atoms with Crippen LogP contribution in [0, 0.1) is 5.92 Å². The number of carbonyl (C=O) groups excluding carboxylic acids is 2. The molecule has 0 aliphatic heterocycles. The highest BCUT2D eigenvalue weighted by Gasteiger charge is 2.29.